The van der Waals surface area contributed by atoms with Gasteiger partial charge in [0.05, 0.1) is 0 Å². The first kappa shape index (κ1) is 13.1. The molecular weight excluding hydrogens is 266 g/mol. The van der Waals surface area contributed by atoms with Crippen LogP contribution < -0.4 is 15.4 Å². The standard InChI is InChI=1S/C16H13N3O2/c1-12-18(13-8-4-2-5-9-13)15(20)17-16(21)19(12)14-10-6-3-7-11-14/h2-11H,1H3. The van der Waals surface area contributed by atoms with Crippen molar-refractivity contribution in [1.29, 1.82) is 0 Å². The average Bonchev–Trinajstić information content (AvgIpc) is 2.49. The summed E-state index contributed by atoms with van der Waals surface area (Å²) in [6.45, 7) is 1.73. The predicted octanol–water partition coefficient (Wildman–Crippen LogP) is 0.891. The lowest BCUT2D eigenvalue weighted by molar-refractivity contribution is -0.665. The van der Waals surface area contributed by atoms with Gasteiger partial charge in [-0.2, -0.15) is 4.57 Å². The molecule has 0 saturated carbocycles. The molecule has 0 amide bonds. The minimum atomic E-state index is -0.573. The summed E-state index contributed by atoms with van der Waals surface area (Å²) in [5, 5.41) is 12.1. The van der Waals surface area contributed by atoms with Gasteiger partial charge in [-0.1, -0.05) is 36.4 Å². The van der Waals surface area contributed by atoms with E-state index in [1.807, 2.05) is 36.4 Å². The van der Waals surface area contributed by atoms with Crippen molar-refractivity contribution in [2.75, 3.05) is 0 Å². The highest BCUT2D eigenvalue weighted by molar-refractivity contribution is 5.32. The lowest BCUT2D eigenvalue weighted by Gasteiger charge is -2.13. The maximum atomic E-state index is 12.1. The summed E-state index contributed by atoms with van der Waals surface area (Å²) in [5.74, 6) is 0.511. The Kier molecular flexibility index (Phi) is 3.23. The lowest BCUT2D eigenvalue weighted by Crippen LogP contribution is -2.46. The molecule has 0 saturated heterocycles. The maximum absolute atomic E-state index is 12.1. The second-order valence-electron chi connectivity index (χ2n) is 4.57. The van der Waals surface area contributed by atoms with Crippen LogP contribution in [0.2, 0.25) is 0 Å². The lowest BCUT2D eigenvalue weighted by atomic mass is 10.3. The van der Waals surface area contributed by atoms with E-state index in [1.54, 1.807) is 31.2 Å². The molecule has 0 bridgehead atoms. The number of nitrogens with zero attached hydrogens (tertiary/aromatic N) is 3. The maximum Gasteiger partial charge on any atom is 0.483 e. The van der Waals surface area contributed by atoms with Gasteiger partial charge in [-0.05, 0) is 29.2 Å². The van der Waals surface area contributed by atoms with E-state index in [2.05, 4.69) is 4.98 Å². The number of rotatable bonds is 2. The number of hydrogen-bond donors (Lipinski definition) is 0. The van der Waals surface area contributed by atoms with E-state index in [9.17, 15) is 9.90 Å². The van der Waals surface area contributed by atoms with Gasteiger partial charge in [-0.3, -0.25) is 0 Å². The predicted molar refractivity (Wildman–Crippen MR) is 75.5 cm³/mol. The first-order chi connectivity index (χ1) is 10.2. The van der Waals surface area contributed by atoms with Crippen molar-refractivity contribution in [2.24, 2.45) is 0 Å². The summed E-state index contributed by atoms with van der Waals surface area (Å²) < 4.78 is 2.85. The van der Waals surface area contributed by atoms with Gasteiger partial charge in [0.15, 0.2) is 0 Å². The molecule has 0 spiro atoms. The molecule has 1 aromatic heterocycles. The molecule has 0 atom stereocenters. The van der Waals surface area contributed by atoms with E-state index in [0.29, 0.717) is 17.2 Å². The van der Waals surface area contributed by atoms with Crippen LogP contribution in [0.25, 0.3) is 11.4 Å². The van der Waals surface area contributed by atoms with E-state index < -0.39 is 11.7 Å². The highest BCUT2D eigenvalue weighted by Crippen LogP contribution is 2.08. The molecule has 0 aliphatic rings. The van der Waals surface area contributed by atoms with Crippen LogP contribution in [0, 0.1) is 6.92 Å². The van der Waals surface area contributed by atoms with Gasteiger partial charge in [-0.15, -0.1) is 0 Å². The number of hydrogen-bond acceptors (Lipinski definition) is 3. The van der Waals surface area contributed by atoms with Crippen LogP contribution in [0.15, 0.2) is 65.5 Å². The topological polar surface area (TPSA) is 61.8 Å². The number of benzene rings is 2. The summed E-state index contributed by atoms with van der Waals surface area (Å²) in [4.78, 5) is 15.7. The van der Waals surface area contributed by atoms with Crippen molar-refractivity contribution < 1.29 is 9.67 Å². The molecule has 21 heavy (non-hydrogen) atoms. The normalized spacial score (nSPS) is 10.5. The van der Waals surface area contributed by atoms with Crippen LogP contribution >= 0.6 is 0 Å². The molecule has 0 radical (unpaired) electrons. The molecule has 1 heterocycles. The van der Waals surface area contributed by atoms with Crippen LogP contribution in [-0.2, 0) is 0 Å². The fraction of sp³-hybridized carbons (Fsp3) is 0.0625. The van der Waals surface area contributed by atoms with Gasteiger partial charge in [0.25, 0.3) is 0 Å². The third-order valence-corrected chi connectivity index (χ3v) is 3.25. The van der Waals surface area contributed by atoms with Crippen LogP contribution in [0.5, 0.6) is 6.01 Å². The van der Waals surface area contributed by atoms with Crippen LogP contribution in [0.4, 0.5) is 0 Å². The number of para-hydroxylation sites is 2. The summed E-state index contributed by atoms with van der Waals surface area (Å²) in [6, 6.07) is 17.7. The zero-order valence-electron chi connectivity index (χ0n) is 11.4. The van der Waals surface area contributed by atoms with Crippen molar-refractivity contribution in [2.45, 2.75) is 6.92 Å². The van der Waals surface area contributed by atoms with Gasteiger partial charge < -0.3 is 5.11 Å². The van der Waals surface area contributed by atoms with E-state index in [4.69, 9.17) is 0 Å². The highest BCUT2D eigenvalue weighted by atomic mass is 16.3. The van der Waals surface area contributed by atoms with Crippen LogP contribution in [0.3, 0.4) is 0 Å². The van der Waals surface area contributed by atoms with E-state index in [0.717, 1.165) is 0 Å². The Hall–Kier alpha value is -2.95. The van der Waals surface area contributed by atoms with Crippen molar-refractivity contribution in [3.8, 4) is 17.4 Å². The Balaban J connectivity index is 2.31. The fourth-order valence-electron chi connectivity index (χ4n) is 2.31. The fourth-order valence-corrected chi connectivity index (χ4v) is 2.31. The first-order valence-corrected chi connectivity index (χ1v) is 6.52. The summed E-state index contributed by atoms with van der Waals surface area (Å²) >= 11 is 0. The third-order valence-electron chi connectivity index (χ3n) is 3.25. The molecule has 3 aromatic rings. The van der Waals surface area contributed by atoms with Gasteiger partial charge in [0, 0.05) is 6.92 Å². The Labute approximate surface area is 121 Å². The smallest absolute Gasteiger partial charge is 0.483 e. The molecule has 0 aliphatic heterocycles. The zero-order valence-corrected chi connectivity index (χ0v) is 11.4. The summed E-state index contributed by atoms with van der Waals surface area (Å²) in [6.07, 6.45) is 0. The Bertz CT molecular complexity index is 827. The van der Waals surface area contributed by atoms with E-state index in [1.165, 1.54) is 9.13 Å². The molecule has 0 unspecified atom stereocenters. The van der Waals surface area contributed by atoms with Crippen molar-refractivity contribution in [3.05, 3.63) is 77.0 Å². The molecule has 3 rings (SSSR count). The molecule has 0 N–H and O–H groups in total. The summed E-state index contributed by atoms with van der Waals surface area (Å²) in [5.41, 5.74) is 0.783. The van der Waals surface area contributed by atoms with E-state index >= 15 is 0 Å². The second-order valence-corrected chi connectivity index (χ2v) is 4.57. The van der Waals surface area contributed by atoms with E-state index in [-0.39, 0.29) is 0 Å². The number of aromatic nitrogens is 3. The van der Waals surface area contributed by atoms with Crippen molar-refractivity contribution in [3.63, 3.8) is 0 Å². The molecule has 2 aromatic carbocycles. The quantitative estimate of drug-likeness (QED) is 0.655. The SMILES string of the molecule is Cc1n(-c2ccccc2)c(=O)nc([O-])[n+]1-c1ccccc1. The minimum absolute atomic E-state index is 0.511. The van der Waals surface area contributed by atoms with Crippen LogP contribution in [-0.4, -0.2) is 9.55 Å². The van der Waals surface area contributed by atoms with Crippen molar-refractivity contribution in [1.82, 2.24) is 9.55 Å². The molecule has 5 nitrogen and oxygen atoms in total. The summed E-state index contributed by atoms with van der Waals surface area (Å²) in [7, 11) is 0. The van der Waals surface area contributed by atoms with Gasteiger partial charge in [-0.25, -0.2) is 9.36 Å². The molecule has 5 heteroatoms. The van der Waals surface area contributed by atoms with Gasteiger partial charge in [0.1, 0.15) is 11.4 Å². The third kappa shape index (κ3) is 2.29. The monoisotopic (exact) mass is 279 g/mol. The van der Waals surface area contributed by atoms with Gasteiger partial charge in [0.2, 0.25) is 11.8 Å². The highest BCUT2D eigenvalue weighted by Gasteiger charge is 2.18. The average molecular weight is 279 g/mol. The Morgan fingerprint density at radius 2 is 1.57 bits per heavy atom. The molecule has 104 valence electrons. The Morgan fingerprint density at radius 1 is 1.00 bits per heavy atom. The molecule has 0 fully saturated rings. The van der Waals surface area contributed by atoms with Crippen LogP contribution in [0.1, 0.15) is 5.82 Å². The molecule has 0 aliphatic carbocycles. The first-order valence-electron chi connectivity index (χ1n) is 6.52. The zero-order chi connectivity index (χ0) is 14.8. The second kappa shape index (κ2) is 5.20. The van der Waals surface area contributed by atoms with Gasteiger partial charge >= 0.3 is 5.69 Å². The largest absolute Gasteiger partial charge is 0.820 e. The Morgan fingerprint density at radius 3 is 2.19 bits per heavy atom. The molecular formula is C16H13N3O2. The van der Waals surface area contributed by atoms with Crippen molar-refractivity contribution >= 4 is 0 Å². The minimum Gasteiger partial charge on any atom is -0.820 e.